The first-order valence-corrected chi connectivity index (χ1v) is 6.33. The van der Waals surface area contributed by atoms with E-state index in [0.29, 0.717) is 22.8 Å². The Balaban J connectivity index is 2.48. The minimum Gasteiger partial charge on any atom is -0.493 e. The van der Waals surface area contributed by atoms with Gasteiger partial charge in [0.1, 0.15) is 0 Å². The Morgan fingerprint density at radius 3 is 2.19 bits per heavy atom. The van der Waals surface area contributed by atoms with Crippen LogP contribution in [0.5, 0.6) is 17.2 Å². The van der Waals surface area contributed by atoms with Crippen LogP contribution in [-0.4, -0.2) is 38.3 Å². The fourth-order valence-corrected chi connectivity index (χ4v) is 2.48. The average Bonchev–Trinajstić information content (AvgIpc) is 2.87. The molecular weight excluding hydrogens is 278 g/mol. The van der Waals surface area contributed by atoms with Gasteiger partial charge in [-0.2, -0.15) is 0 Å². The van der Waals surface area contributed by atoms with Crippen molar-refractivity contribution in [2.45, 2.75) is 12.5 Å². The van der Waals surface area contributed by atoms with Gasteiger partial charge >= 0.3 is 5.97 Å². The van der Waals surface area contributed by atoms with Gasteiger partial charge < -0.3 is 24.6 Å². The van der Waals surface area contributed by atoms with E-state index in [1.165, 1.54) is 21.3 Å². The second-order valence-electron chi connectivity index (χ2n) is 4.65. The zero-order valence-electron chi connectivity index (χ0n) is 12.0. The second kappa shape index (κ2) is 5.90. The normalized spacial score (nSPS) is 20.8. The van der Waals surface area contributed by atoms with Crippen molar-refractivity contribution in [3.63, 3.8) is 0 Å². The Labute approximate surface area is 121 Å². The number of amides is 1. The van der Waals surface area contributed by atoms with Crippen LogP contribution in [0, 0.1) is 5.92 Å². The lowest BCUT2D eigenvalue weighted by molar-refractivity contribution is -0.142. The van der Waals surface area contributed by atoms with Crippen molar-refractivity contribution in [1.29, 1.82) is 0 Å². The van der Waals surface area contributed by atoms with Gasteiger partial charge in [0, 0.05) is 6.42 Å². The van der Waals surface area contributed by atoms with E-state index in [1.54, 1.807) is 12.1 Å². The monoisotopic (exact) mass is 295 g/mol. The van der Waals surface area contributed by atoms with Gasteiger partial charge in [-0.15, -0.1) is 0 Å². The molecule has 0 unspecified atom stereocenters. The van der Waals surface area contributed by atoms with Crippen molar-refractivity contribution < 1.29 is 28.9 Å². The number of rotatable bonds is 5. The van der Waals surface area contributed by atoms with Crippen molar-refractivity contribution in [3.05, 3.63) is 17.7 Å². The van der Waals surface area contributed by atoms with E-state index in [-0.39, 0.29) is 12.3 Å². The number of benzene rings is 1. The van der Waals surface area contributed by atoms with Gasteiger partial charge in [-0.05, 0) is 17.7 Å². The van der Waals surface area contributed by atoms with E-state index in [2.05, 4.69) is 5.32 Å². The fourth-order valence-electron chi connectivity index (χ4n) is 2.48. The summed E-state index contributed by atoms with van der Waals surface area (Å²) < 4.78 is 15.7. The second-order valence-corrected chi connectivity index (χ2v) is 4.65. The number of hydrogen-bond acceptors (Lipinski definition) is 5. The van der Waals surface area contributed by atoms with Crippen molar-refractivity contribution in [2.24, 2.45) is 5.92 Å². The minimum absolute atomic E-state index is 0.0450. The van der Waals surface area contributed by atoms with Crippen LogP contribution in [0.4, 0.5) is 0 Å². The third-order valence-corrected chi connectivity index (χ3v) is 3.49. The number of carboxylic acids is 1. The molecule has 0 saturated carbocycles. The molecule has 2 rings (SSSR count). The number of aliphatic carboxylic acids is 1. The maximum Gasteiger partial charge on any atom is 0.309 e. The molecule has 7 heteroatoms. The van der Waals surface area contributed by atoms with Crippen molar-refractivity contribution in [3.8, 4) is 17.2 Å². The summed E-state index contributed by atoms with van der Waals surface area (Å²) in [6.07, 6.45) is -0.0450. The molecular formula is C14H17NO6. The first kappa shape index (κ1) is 15.0. The highest BCUT2D eigenvalue weighted by Crippen LogP contribution is 2.42. The number of nitrogens with one attached hydrogen (secondary N) is 1. The smallest absolute Gasteiger partial charge is 0.309 e. The highest BCUT2D eigenvalue weighted by atomic mass is 16.5. The molecule has 1 aromatic rings. The fraction of sp³-hybridized carbons (Fsp3) is 0.429. The molecule has 7 nitrogen and oxygen atoms in total. The van der Waals surface area contributed by atoms with Gasteiger partial charge in [0.25, 0.3) is 0 Å². The molecule has 2 atom stereocenters. The van der Waals surface area contributed by atoms with E-state index >= 15 is 0 Å². The molecule has 1 fully saturated rings. The summed E-state index contributed by atoms with van der Waals surface area (Å²) in [6, 6.07) is 2.67. The molecule has 0 bridgehead atoms. The Kier molecular flexibility index (Phi) is 4.21. The van der Waals surface area contributed by atoms with E-state index in [0.717, 1.165) is 0 Å². The third kappa shape index (κ3) is 2.72. The van der Waals surface area contributed by atoms with Crippen LogP contribution in [0.1, 0.15) is 18.0 Å². The standard InChI is InChI=1S/C14H17NO6/c1-19-9-4-7(5-10(20-2)13(9)21-3)12-8(14(17)18)6-11(16)15-12/h4-5,8,12H,6H2,1-3H3,(H,15,16)(H,17,18)/t8-,12+/m1/s1. The van der Waals surface area contributed by atoms with Crippen LogP contribution in [0.2, 0.25) is 0 Å². The van der Waals surface area contributed by atoms with Gasteiger partial charge in [0.2, 0.25) is 11.7 Å². The van der Waals surface area contributed by atoms with E-state index in [1.807, 2.05) is 0 Å². The largest absolute Gasteiger partial charge is 0.493 e. The lowest BCUT2D eigenvalue weighted by atomic mass is 9.94. The highest BCUT2D eigenvalue weighted by molar-refractivity contribution is 5.87. The Hall–Kier alpha value is -2.44. The molecule has 21 heavy (non-hydrogen) atoms. The number of carboxylic acid groups (broad SMARTS) is 1. The summed E-state index contributed by atoms with van der Waals surface area (Å²) >= 11 is 0. The topological polar surface area (TPSA) is 94.1 Å². The van der Waals surface area contributed by atoms with Crippen LogP contribution >= 0.6 is 0 Å². The lowest BCUT2D eigenvalue weighted by Crippen LogP contribution is -2.24. The zero-order chi connectivity index (χ0) is 15.6. The maximum atomic E-state index is 11.5. The maximum absolute atomic E-state index is 11.5. The number of ether oxygens (including phenoxy) is 3. The quantitative estimate of drug-likeness (QED) is 0.840. The summed E-state index contributed by atoms with van der Waals surface area (Å²) in [5, 5.41) is 11.9. The SMILES string of the molecule is COc1cc([C@@H]2NC(=O)C[C@H]2C(=O)O)cc(OC)c1OC. The molecule has 1 aromatic carbocycles. The summed E-state index contributed by atoms with van der Waals surface area (Å²) in [6.45, 7) is 0. The Bertz CT molecular complexity index is 546. The molecule has 0 spiro atoms. The predicted molar refractivity (Wildman–Crippen MR) is 72.7 cm³/mol. The van der Waals surface area contributed by atoms with Crippen LogP contribution < -0.4 is 19.5 Å². The molecule has 1 aliphatic rings. The Morgan fingerprint density at radius 2 is 1.76 bits per heavy atom. The van der Waals surface area contributed by atoms with Crippen LogP contribution in [0.25, 0.3) is 0 Å². The molecule has 0 aliphatic carbocycles. The van der Waals surface area contributed by atoms with Crippen molar-refractivity contribution in [2.75, 3.05) is 21.3 Å². The van der Waals surface area contributed by atoms with E-state index < -0.39 is 17.9 Å². The highest BCUT2D eigenvalue weighted by Gasteiger charge is 2.39. The van der Waals surface area contributed by atoms with Crippen molar-refractivity contribution >= 4 is 11.9 Å². The summed E-state index contributed by atoms with van der Waals surface area (Å²) in [7, 11) is 4.43. The molecule has 1 saturated heterocycles. The summed E-state index contributed by atoms with van der Waals surface area (Å²) in [5.74, 6) is -0.886. The van der Waals surface area contributed by atoms with E-state index in [9.17, 15) is 14.7 Å². The average molecular weight is 295 g/mol. The number of methoxy groups -OCH3 is 3. The van der Waals surface area contributed by atoms with Gasteiger partial charge in [-0.1, -0.05) is 0 Å². The third-order valence-electron chi connectivity index (χ3n) is 3.49. The molecule has 2 N–H and O–H groups in total. The van der Waals surface area contributed by atoms with Crippen LogP contribution in [-0.2, 0) is 9.59 Å². The Morgan fingerprint density at radius 1 is 1.19 bits per heavy atom. The number of hydrogen-bond donors (Lipinski definition) is 2. The summed E-state index contributed by atoms with van der Waals surface area (Å²) in [4.78, 5) is 22.8. The van der Waals surface area contributed by atoms with E-state index in [4.69, 9.17) is 14.2 Å². The molecule has 1 aliphatic heterocycles. The molecule has 0 radical (unpaired) electrons. The first-order valence-electron chi connectivity index (χ1n) is 6.33. The predicted octanol–water partition coefficient (Wildman–Crippen LogP) is 0.974. The van der Waals surface area contributed by atoms with Gasteiger partial charge in [-0.3, -0.25) is 9.59 Å². The molecule has 1 heterocycles. The van der Waals surface area contributed by atoms with Crippen molar-refractivity contribution in [1.82, 2.24) is 5.32 Å². The van der Waals surface area contributed by atoms with Gasteiger partial charge in [0.05, 0.1) is 33.3 Å². The van der Waals surface area contributed by atoms with Crippen LogP contribution in [0.15, 0.2) is 12.1 Å². The first-order chi connectivity index (χ1) is 10.0. The summed E-state index contributed by atoms with van der Waals surface area (Å²) in [5.41, 5.74) is 0.600. The molecule has 0 aromatic heterocycles. The lowest BCUT2D eigenvalue weighted by Gasteiger charge is -2.19. The number of carbonyl (C=O) groups is 2. The van der Waals surface area contributed by atoms with Crippen LogP contribution in [0.3, 0.4) is 0 Å². The molecule has 1 amide bonds. The van der Waals surface area contributed by atoms with Gasteiger partial charge in [0.15, 0.2) is 11.5 Å². The zero-order valence-corrected chi connectivity index (χ0v) is 12.0. The minimum atomic E-state index is -1.02. The van der Waals surface area contributed by atoms with Gasteiger partial charge in [-0.25, -0.2) is 0 Å². The molecule has 114 valence electrons. The number of carbonyl (C=O) groups excluding carboxylic acids is 1.